The van der Waals surface area contributed by atoms with E-state index in [2.05, 4.69) is 5.32 Å². The summed E-state index contributed by atoms with van der Waals surface area (Å²) in [5.41, 5.74) is 0. The number of ether oxygens (including phenoxy) is 2. The number of carbonyl (C=O) groups is 1. The van der Waals surface area contributed by atoms with E-state index in [0.717, 1.165) is 51.9 Å². The molecule has 3 aliphatic rings. The molecular formula is C15H26N2O3. The van der Waals surface area contributed by atoms with Crippen LogP contribution < -0.4 is 5.32 Å². The van der Waals surface area contributed by atoms with E-state index in [1.165, 1.54) is 0 Å². The third kappa shape index (κ3) is 3.51. The first-order chi connectivity index (χ1) is 9.83. The van der Waals surface area contributed by atoms with Gasteiger partial charge in [0.2, 0.25) is 5.91 Å². The molecule has 0 aromatic rings. The van der Waals surface area contributed by atoms with E-state index in [0.29, 0.717) is 31.4 Å². The summed E-state index contributed by atoms with van der Waals surface area (Å²) in [4.78, 5) is 14.4. The lowest BCUT2D eigenvalue weighted by Gasteiger charge is -2.36. The third-order valence-electron chi connectivity index (χ3n) is 4.75. The second-order valence-electron chi connectivity index (χ2n) is 6.20. The van der Waals surface area contributed by atoms with Crippen molar-refractivity contribution in [3.63, 3.8) is 0 Å². The van der Waals surface area contributed by atoms with Gasteiger partial charge in [0.1, 0.15) is 6.10 Å². The molecular weight excluding hydrogens is 256 g/mol. The highest BCUT2D eigenvalue weighted by Crippen LogP contribution is 2.23. The molecule has 20 heavy (non-hydrogen) atoms. The van der Waals surface area contributed by atoms with Gasteiger partial charge in [-0.15, -0.1) is 0 Å². The van der Waals surface area contributed by atoms with Crippen molar-refractivity contribution in [3.05, 3.63) is 0 Å². The molecule has 3 saturated heterocycles. The number of nitrogens with one attached hydrogen (secondary N) is 1. The van der Waals surface area contributed by atoms with Gasteiger partial charge in [0, 0.05) is 26.1 Å². The van der Waals surface area contributed by atoms with Gasteiger partial charge in [-0.3, -0.25) is 4.79 Å². The summed E-state index contributed by atoms with van der Waals surface area (Å²) >= 11 is 0. The van der Waals surface area contributed by atoms with Crippen LogP contribution in [0.1, 0.15) is 32.1 Å². The van der Waals surface area contributed by atoms with Crippen molar-refractivity contribution in [1.29, 1.82) is 0 Å². The summed E-state index contributed by atoms with van der Waals surface area (Å²) in [5.74, 6) is 0.871. The van der Waals surface area contributed by atoms with Gasteiger partial charge >= 0.3 is 0 Å². The maximum atomic E-state index is 12.4. The Morgan fingerprint density at radius 2 is 1.90 bits per heavy atom. The lowest BCUT2D eigenvalue weighted by Crippen LogP contribution is -2.50. The predicted octanol–water partition coefficient (Wildman–Crippen LogP) is 0.783. The highest BCUT2D eigenvalue weighted by Gasteiger charge is 2.33. The lowest BCUT2D eigenvalue weighted by atomic mass is 9.94. The first-order valence-corrected chi connectivity index (χ1v) is 8.04. The number of rotatable bonds is 3. The summed E-state index contributed by atoms with van der Waals surface area (Å²) in [7, 11) is 0. The number of hydrogen-bond acceptors (Lipinski definition) is 4. The van der Waals surface area contributed by atoms with E-state index >= 15 is 0 Å². The normalized spacial score (nSPS) is 32.5. The van der Waals surface area contributed by atoms with Crippen molar-refractivity contribution in [2.45, 2.75) is 44.3 Å². The minimum Gasteiger partial charge on any atom is -0.375 e. The van der Waals surface area contributed by atoms with E-state index in [1.807, 2.05) is 4.90 Å². The minimum absolute atomic E-state index is 0.0863. The summed E-state index contributed by atoms with van der Waals surface area (Å²) in [6.07, 6.45) is 5.44. The smallest absolute Gasteiger partial charge is 0.223 e. The SMILES string of the molecule is O=C(CC1CCNCC1)N1CCO[C@H]([C@@H]2CCCO2)C1. The molecule has 3 fully saturated rings. The molecule has 114 valence electrons. The van der Waals surface area contributed by atoms with Crippen molar-refractivity contribution in [2.24, 2.45) is 5.92 Å². The molecule has 3 rings (SSSR count). The molecule has 0 bridgehead atoms. The van der Waals surface area contributed by atoms with Crippen molar-refractivity contribution >= 4 is 5.91 Å². The fourth-order valence-electron chi connectivity index (χ4n) is 3.48. The molecule has 0 saturated carbocycles. The van der Waals surface area contributed by atoms with Crippen LogP contribution in [0, 0.1) is 5.92 Å². The van der Waals surface area contributed by atoms with Gasteiger partial charge in [-0.25, -0.2) is 0 Å². The van der Waals surface area contributed by atoms with Crippen LogP contribution in [0.25, 0.3) is 0 Å². The molecule has 1 amide bonds. The maximum Gasteiger partial charge on any atom is 0.223 e. The Kier molecular flexibility index (Phi) is 4.91. The van der Waals surface area contributed by atoms with E-state index in [1.54, 1.807) is 0 Å². The Morgan fingerprint density at radius 3 is 2.65 bits per heavy atom. The topological polar surface area (TPSA) is 50.8 Å². The number of carbonyl (C=O) groups excluding carboxylic acids is 1. The second-order valence-corrected chi connectivity index (χ2v) is 6.20. The van der Waals surface area contributed by atoms with Crippen LogP contribution in [0.4, 0.5) is 0 Å². The zero-order chi connectivity index (χ0) is 13.8. The predicted molar refractivity (Wildman–Crippen MR) is 75.5 cm³/mol. The summed E-state index contributed by atoms with van der Waals surface area (Å²) < 4.78 is 11.5. The van der Waals surface area contributed by atoms with Gasteiger partial charge in [0.05, 0.1) is 12.7 Å². The molecule has 5 heteroatoms. The Balaban J connectivity index is 1.49. The molecule has 1 N–H and O–H groups in total. The fraction of sp³-hybridized carbons (Fsp3) is 0.933. The summed E-state index contributed by atoms with van der Waals surface area (Å²) in [5, 5.41) is 3.35. The van der Waals surface area contributed by atoms with Crippen LogP contribution in [0.5, 0.6) is 0 Å². The molecule has 3 aliphatic heterocycles. The van der Waals surface area contributed by atoms with Crippen molar-refractivity contribution in [3.8, 4) is 0 Å². The van der Waals surface area contributed by atoms with Crippen molar-refractivity contribution in [2.75, 3.05) is 39.4 Å². The molecule has 2 atom stereocenters. The summed E-state index contributed by atoms with van der Waals surface area (Å²) in [6, 6.07) is 0. The summed E-state index contributed by atoms with van der Waals surface area (Å²) in [6.45, 7) is 5.07. The van der Waals surface area contributed by atoms with Crippen molar-refractivity contribution in [1.82, 2.24) is 10.2 Å². The van der Waals surface area contributed by atoms with Gasteiger partial charge in [0.15, 0.2) is 0 Å². The molecule has 0 spiro atoms. The lowest BCUT2D eigenvalue weighted by molar-refractivity contribution is -0.145. The molecule has 3 heterocycles. The molecule has 0 radical (unpaired) electrons. The third-order valence-corrected chi connectivity index (χ3v) is 4.75. The number of hydrogen-bond donors (Lipinski definition) is 1. The minimum atomic E-state index is 0.0863. The van der Waals surface area contributed by atoms with Gasteiger partial charge in [-0.2, -0.15) is 0 Å². The average molecular weight is 282 g/mol. The fourth-order valence-corrected chi connectivity index (χ4v) is 3.48. The highest BCUT2D eigenvalue weighted by molar-refractivity contribution is 5.76. The van der Waals surface area contributed by atoms with Crippen LogP contribution in [0.15, 0.2) is 0 Å². The van der Waals surface area contributed by atoms with Crippen LogP contribution in [0.2, 0.25) is 0 Å². The van der Waals surface area contributed by atoms with E-state index in [-0.39, 0.29) is 12.2 Å². The van der Waals surface area contributed by atoms with Crippen LogP contribution in [-0.4, -0.2) is 62.4 Å². The largest absolute Gasteiger partial charge is 0.375 e. The molecule has 0 aromatic heterocycles. The van der Waals surface area contributed by atoms with Gasteiger partial charge < -0.3 is 19.7 Å². The number of nitrogens with zero attached hydrogens (tertiary/aromatic N) is 1. The zero-order valence-electron chi connectivity index (χ0n) is 12.2. The Morgan fingerprint density at radius 1 is 1.10 bits per heavy atom. The Labute approximate surface area is 121 Å². The second kappa shape index (κ2) is 6.87. The molecule has 0 aromatic carbocycles. The number of morpholine rings is 1. The maximum absolute atomic E-state index is 12.4. The van der Waals surface area contributed by atoms with Gasteiger partial charge in [0.25, 0.3) is 0 Å². The van der Waals surface area contributed by atoms with E-state index in [9.17, 15) is 4.79 Å². The average Bonchev–Trinajstić information content (AvgIpc) is 3.03. The Bertz CT molecular complexity index is 325. The standard InChI is InChI=1S/C15H26N2O3/c18-15(10-12-3-5-16-6-4-12)17-7-9-20-14(11-17)13-2-1-8-19-13/h12-14,16H,1-11H2/t13-,14-/m0/s1. The van der Waals surface area contributed by atoms with E-state index in [4.69, 9.17) is 9.47 Å². The van der Waals surface area contributed by atoms with Crippen LogP contribution in [-0.2, 0) is 14.3 Å². The number of piperidine rings is 1. The first-order valence-electron chi connectivity index (χ1n) is 8.04. The quantitative estimate of drug-likeness (QED) is 0.831. The zero-order valence-corrected chi connectivity index (χ0v) is 12.2. The monoisotopic (exact) mass is 282 g/mol. The van der Waals surface area contributed by atoms with Gasteiger partial charge in [-0.05, 0) is 44.7 Å². The van der Waals surface area contributed by atoms with Crippen LogP contribution in [0.3, 0.4) is 0 Å². The van der Waals surface area contributed by atoms with Gasteiger partial charge in [-0.1, -0.05) is 0 Å². The van der Waals surface area contributed by atoms with Crippen molar-refractivity contribution < 1.29 is 14.3 Å². The molecule has 5 nitrogen and oxygen atoms in total. The van der Waals surface area contributed by atoms with Crippen LogP contribution >= 0.6 is 0 Å². The Hall–Kier alpha value is -0.650. The molecule has 0 aliphatic carbocycles. The molecule has 0 unspecified atom stereocenters. The van der Waals surface area contributed by atoms with E-state index < -0.39 is 0 Å². The number of amides is 1. The first kappa shape index (κ1) is 14.3. The highest BCUT2D eigenvalue weighted by atomic mass is 16.5.